The number of nitrogens with zero attached hydrogens (tertiary/aromatic N) is 1. The minimum Gasteiger partial charge on any atom is -0.496 e. The summed E-state index contributed by atoms with van der Waals surface area (Å²) < 4.78 is 10.7. The van der Waals surface area contributed by atoms with Crippen LogP contribution in [0.2, 0.25) is 0 Å². The molecule has 0 aliphatic rings. The Hall–Kier alpha value is -1.81. The molecule has 1 aromatic carbocycles. The van der Waals surface area contributed by atoms with Crippen molar-refractivity contribution in [3.63, 3.8) is 0 Å². The van der Waals surface area contributed by atoms with Crippen molar-refractivity contribution in [2.75, 3.05) is 7.11 Å². The summed E-state index contributed by atoms with van der Waals surface area (Å²) in [6, 6.07) is 6.11. The smallest absolute Gasteiger partial charge is 0.175 e. The zero-order chi connectivity index (χ0) is 14.0. The fourth-order valence-electron chi connectivity index (χ4n) is 1.98. The molecule has 4 nitrogen and oxygen atoms in total. The van der Waals surface area contributed by atoms with Crippen molar-refractivity contribution < 1.29 is 9.26 Å². The van der Waals surface area contributed by atoms with Gasteiger partial charge in [-0.1, -0.05) is 32.0 Å². The van der Waals surface area contributed by atoms with Crippen LogP contribution in [0.4, 0.5) is 0 Å². The Morgan fingerprint density at radius 3 is 2.63 bits per heavy atom. The van der Waals surface area contributed by atoms with Gasteiger partial charge in [0.2, 0.25) is 0 Å². The van der Waals surface area contributed by atoms with Gasteiger partial charge in [0.1, 0.15) is 5.75 Å². The predicted octanol–water partition coefficient (Wildman–Crippen LogP) is 3.11. The van der Waals surface area contributed by atoms with E-state index in [1.54, 1.807) is 13.3 Å². The van der Waals surface area contributed by atoms with E-state index in [-0.39, 0.29) is 5.41 Å². The van der Waals surface area contributed by atoms with Crippen molar-refractivity contribution in [2.45, 2.75) is 32.7 Å². The first-order chi connectivity index (χ1) is 8.97. The monoisotopic (exact) mass is 260 g/mol. The number of hydrogen-bond acceptors (Lipinski definition) is 4. The van der Waals surface area contributed by atoms with E-state index in [4.69, 9.17) is 15.0 Å². The van der Waals surface area contributed by atoms with E-state index < -0.39 is 0 Å². The zero-order valence-corrected chi connectivity index (χ0v) is 11.9. The predicted molar refractivity (Wildman–Crippen MR) is 75.1 cm³/mol. The third-order valence-corrected chi connectivity index (χ3v) is 3.17. The highest BCUT2D eigenvalue weighted by Crippen LogP contribution is 2.36. The van der Waals surface area contributed by atoms with Gasteiger partial charge in [-0.05, 0) is 23.1 Å². The number of aromatic nitrogens is 1. The third kappa shape index (κ3) is 2.63. The average molecular weight is 260 g/mol. The van der Waals surface area contributed by atoms with Crippen LogP contribution in [-0.2, 0) is 12.0 Å². The van der Waals surface area contributed by atoms with Crippen LogP contribution in [0.5, 0.6) is 5.75 Å². The Morgan fingerprint density at radius 1 is 1.32 bits per heavy atom. The van der Waals surface area contributed by atoms with Crippen LogP contribution in [0.25, 0.3) is 11.3 Å². The number of hydrogen-bond donors (Lipinski definition) is 1. The highest BCUT2D eigenvalue weighted by atomic mass is 16.5. The molecule has 0 aliphatic heterocycles. The molecule has 0 fully saturated rings. The minimum atomic E-state index is 0.0594. The standard InChI is InChI=1S/C15H20N2O2/c1-15(2,3)11-5-6-13(18-4)12(7-11)14-10(8-16)9-17-19-14/h5-7,9H,8,16H2,1-4H3. The van der Waals surface area contributed by atoms with E-state index in [1.807, 2.05) is 6.07 Å². The summed E-state index contributed by atoms with van der Waals surface area (Å²) in [6.45, 7) is 6.90. The molecule has 19 heavy (non-hydrogen) atoms. The second-order valence-corrected chi connectivity index (χ2v) is 5.55. The van der Waals surface area contributed by atoms with Gasteiger partial charge in [-0.25, -0.2) is 0 Å². The zero-order valence-electron chi connectivity index (χ0n) is 11.9. The van der Waals surface area contributed by atoms with Crippen molar-refractivity contribution >= 4 is 0 Å². The molecule has 0 radical (unpaired) electrons. The molecular formula is C15H20N2O2. The SMILES string of the molecule is COc1ccc(C(C)(C)C)cc1-c1oncc1CN. The number of ether oxygens (including phenoxy) is 1. The van der Waals surface area contributed by atoms with E-state index in [9.17, 15) is 0 Å². The molecule has 0 spiro atoms. The van der Waals surface area contributed by atoms with Crippen molar-refractivity contribution in [2.24, 2.45) is 5.73 Å². The maximum atomic E-state index is 5.71. The topological polar surface area (TPSA) is 61.3 Å². The van der Waals surface area contributed by atoms with Crippen molar-refractivity contribution in [1.82, 2.24) is 5.16 Å². The van der Waals surface area contributed by atoms with Crippen LogP contribution in [0, 0.1) is 0 Å². The van der Waals surface area contributed by atoms with Crippen LogP contribution in [0.3, 0.4) is 0 Å². The normalized spacial score (nSPS) is 11.6. The summed E-state index contributed by atoms with van der Waals surface area (Å²) in [7, 11) is 1.65. The molecule has 1 aromatic heterocycles. The lowest BCUT2D eigenvalue weighted by Gasteiger charge is -2.20. The van der Waals surface area contributed by atoms with Gasteiger partial charge >= 0.3 is 0 Å². The van der Waals surface area contributed by atoms with Crippen LogP contribution in [-0.4, -0.2) is 12.3 Å². The van der Waals surface area contributed by atoms with E-state index in [2.05, 4.69) is 38.1 Å². The Labute approximate surface area is 113 Å². The van der Waals surface area contributed by atoms with Gasteiger partial charge in [-0.3, -0.25) is 0 Å². The quantitative estimate of drug-likeness (QED) is 0.921. The summed E-state index contributed by atoms with van der Waals surface area (Å²) in [6.07, 6.45) is 1.65. The fourth-order valence-corrected chi connectivity index (χ4v) is 1.98. The molecule has 0 saturated carbocycles. The van der Waals surface area contributed by atoms with Crippen molar-refractivity contribution in [1.29, 1.82) is 0 Å². The third-order valence-electron chi connectivity index (χ3n) is 3.17. The second kappa shape index (κ2) is 5.05. The van der Waals surface area contributed by atoms with Crippen LogP contribution >= 0.6 is 0 Å². The van der Waals surface area contributed by atoms with Crippen molar-refractivity contribution in [3.05, 3.63) is 35.5 Å². The Morgan fingerprint density at radius 2 is 2.05 bits per heavy atom. The second-order valence-electron chi connectivity index (χ2n) is 5.55. The van der Waals surface area contributed by atoms with E-state index in [0.29, 0.717) is 12.3 Å². The largest absolute Gasteiger partial charge is 0.496 e. The highest BCUT2D eigenvalue weighted by Gasteiger charge is 2.20. The van der Waals surface area contributed by atoms with Gasteiger partial charge in [0.15, 0.2) is 5.76 Å². The lowest BCUT2D eigenvalue weighted by atomic mass is 9.85. The molecule has 0 atom stereocenters. The molecule has 102 valence electrons. The van der Waals surface area contributed by atoms with Gasteiger partial charge in [-0.2, -0.15) is 0 Å². The number of methoxy groups -OCH3 is 1. The lowest BCUT2D eigenvalue weighted by molar-refractivity contribution is 0.405. The minimum absolute atomic E-state index is 0.0594. The molecule has 0 amide bonds. The van der Waals surface area contributed by atoms with Crippen LogP contribution in [0.1, 0.15) is 31.9 Å². The molecular weight excluding hydrogens is 240 g/mol. The van der Waals surface area contributed by atoms with Crippen LogP contribution in [0.15, 0.2) is 28.9 Å². The molecule has 2 aromatic rings. The summed E-state index contributed by atoms with van der Waals surface area (Å²) in [5.41, 5.74) is 8.75. The summed E-state index contributed by atoms with van der Waals surface area (Å²) in [5, 5.41) is 3.83. The molecule has 2 N–H and O–H groups in total. The van der Waals surface area contributed by atoms with Crippen LogP contribution < -0.4 is 10.5 Å². The average Bonchev–Trinajstić information content (AvgIpc) is 2.85. The number of benzene rings is 1. The maximum absolute atomic E-state index is 5.71. The van der Waals surface area contributed by atoms with Gasteiger partial charge < -0.3 is 15.0 Å². The first-order valence-electron chi connectivity index (χ1n) is 6.30. The van der Waals surface area contributed by atoms with E-state index in [0.717, 1.165) is 16.9 Å². The van der Waals surface area contributed by atoms with Gasteiger partial charge in [-0.15, -0.1) is 0 Å². The molecule has 1 heterocycles. The summed E-state index contributed by atoms with van der Waals surface area (Å²) >= 11 is 0. The molecule has 0 saturated heterocycles. The first kappa shape index (κ1) is 13.6. The first-order valence-corrected chi connectivity index (χ1v) is 6.30. The Balaban J connectivity index is 2.60. The molecule has 4 heteroatoms. The van der Waals surface area contributed by atoms with Gasteiger partial charge in [0, 0.05) is 12.1 Å². The molecule has 0 aliphatic carbocycles. The lowest BCUT2D eigenvalue weighted by Crippen LogP contribution is -2.11. The maximum Gasteiger partial charge on any atom is 0.175 e. The molecule has 0 unspecified atom stereocenters. The molecule has 0 bridgehead atoms. The van der Waals surface area contributed by atoms with Crippen molar-refractivity contribution in [3.8, 4) is 17.1 Å². The summed E-state index contributed by atoms with van der Waals surface area (Å²) in [4.78, 5) is 0. The fraction of sp³-hybridized carbons (Fsp3) is 0.400. The van der Waals surface area contributed by atoms with Gasteiger partial charge in [0.25, 0.3) is 0 Å². The van der Waals surface area contributed by atoms with E-state index in [1.165, 1.54) is 5.56 Å². The van der Waals surface area contributed by atoms with Gasteiger partial charge in [0.05, 0.1) is 18.9 Å². The number of rotatable bonds is 3. The Kier molecular flexibility index (Phi) is 3.62. The summed E-state index contributed by atoms with van der Waals surface area (Å²) in [5.74, 6) is 1.45. The van der Waals surface area contributed by atoms with E-state index >= 15 is 0 Å². The highest BCUT2D eigenvalue weighted by molar-refractivity contribution is 5.69. The number of nitrogens with two attached hydrogens (primary N) is 1. The molecule has 2 rings (SSSR count). The Bertz CT molecular complexity index is 568.